The maximum absolute atomic E-state index is 12.5. The van der Waals surface area contributed by atoms with Gasteiger partial charge in [-0.15, -0.1) is 0 Å². The molecule has 1 N–H and O–H groups in total. The van der Waals surface area contributed by atoms with E-state index in [2.05, 4.69) is 10.3 Å². The molecule has 7 heteroatoms. The van der Waals surface area contributed by atoms with Gasteiger partial charge in [0, 0.05) is 17.4 Å². The molecular formula is C20H15ClN2O4. The minimum Gasteiger partial charge on any atom is -0.455 e. The van der Waals surface area contributed by atoms with Crippen LogP contribution in [-0.2, 0) is 0 Å². The smallest absolute Gasteiger partial charge is 0.255 e. The van der Waals surface area contributed by atoms with Crippen molar-refractivity contribution in [2.24, 2.45) is 0 Å². The number of pyridine rings is 1. The number of hydrogen-bond acceptors (Lipinski definition) is 5. The predicted octanol–water partition coefficient (Wildman–Crippen LogP) is 4.82. The van der Waals surface area contributed by atoms with Crippen molar-refractivity contribution >= 4 is 23.2 Å². The van der Waals surface area contributed by atoms with Crippen LogP contribution < -0.4 is 19.5 Å². The van der Waals surface area contributed by atoms with E-state index in [-0.39, 0.29) is 12.7 Å². The molecule has 4 rings (SSSR count). The minimum atomic E-state index is -0.296. The third-order valence-corrected chi connectivity index (χ3v) is 4.27. The molecular weight excluding hydrogens is 368 g/mol. The van der Waals surface area contributed by atoms with Crippen molar-refractivity contribution in [1.29, 1.82) is 0 Å². The number of ether oxygens (including phenoxy) is 3. The molecule has 1 aliphatic rings. The van der Waals surface area contributed by atoms with Gasteiger partial charge in [-0.25, -0.2) is 0 Å². The molecule has 27 heavy (non-hydrogen) atoms. The predicted molar refractivity (Wildman–Crippen MR) is 101 cm³/mol. The number of nitrogens with one attached hydrogen (secondary N) is 1. The highest BCUT2D eigenvalue weighted by molar-refractivity contribution is 6.32. The highest BCUT2D eigenvalue weighted by atomic mass is 35.5. The van der Waals surface area contributed by atoms with E-state index >= 15 is 0 Å². The molecule has 0 saturated heterocycles. The van der Waals surface area contributed by atoms with E-state index in [4.69, 9.17) is 25.8 Å². The molecule has 1 aromatic heterocycles. The first-order chi connectivity index (χ1) is 13.1. The van der Waals surface area contributed by atoms with Gasteiger partial charge in [0.2, 0.25) is 6.79 Å². The van der Waals surface area contributed by atoms with Gasteiger partial charge in [-0.3, -0.25) is 9.78 Å². The van der Waals surface area contributed by atoms with Crippen molar-refractivity contribution in [3.63, 3.8) is 0 Å². The second-order valence-electron chi connectivity index (χ2n) is 5.92. The van der Waals surface area contributed by atoms with Crippen molar-refractivity contribution in [2.75, 3.05) is 12.1 Å². The largest absolute Gasteiger partial charge is 0.455 e. The van der Waals surface area contributed by atoms with Crippen molar-refractivity contribution < 1.29 is 19.0 Å². The summed E-state index contributed by atoms with van der Waals surface area (Å²) in [5.74, 6) is 1.96. The Hall–Kier alpha value is -3.25. The van der Waals surface area contributed by atoms with Gasteiger partial charge in [0.25, 0.3) is 5.91 Å². The summed E-state index contributed by atoms with van der Waals surface area (Å²) in [5.41, 5.74) is 1.91. The average Bonchev–Trinajstić information content (AvgIpc) is 3.14. The highest BCUT2D eigenvalue weighted by Crippen LogP contribution is 2.40. The zero-order valence-corrected chi connectivity index (χ0v) is 15.1. The topological polar surface area (TPSA) is 69.7 Å². The van der Waals surface area contributed by atoms with Crippen molar-refractivity contribution in [1.82, 2.24) is 4.98 Å². The van der Waals surface area contributed by atoms with Gasteiger partial charge in [0.05, 0.1) is 11.2 Å². The summed E-state index contributed by atoms with van der Waals surface area (Å²) in [6, 6.07) is 12.2. The number of carbonyl (C=O) groups excluding carboxylic acids is 1. The van der Waals surface area contributed by atoms with Crippen molar-refractivity contribution in [3.05, 3.63) is 71.0 Å². The number of aromatic nitrogens is 1. The fourth-order valence-electron chi connectivity index (χ4n) is 2.68. The van der Waals surface area contributed by atoms with Gasteiger partial charge in [0.15, 0.2) is 11.5 Å². The summed E-state index contributed by atoms with van der Waals surface area (Å²) in [4.78, 5) is 16.6. The normalized spacial score (nSPS) is 11.9. The molecule has 0 fully saturated rings. The first kappa shape index (κ1) is 17.2. The number of benzene rings is 2. The zero-order chi connectivity index (χ0) is 18.8. The molecule has 2 aromatic carbocycles. The van der Waals surface area contributed by atoms with Crippen molar-refractivity contribution in [2.45, 2.75) is 6.92 Å². The van der Waals surface area contributed by atoms with Gasteiger partial charge >= 0.3 is 0 Å². The molecule has 0 bridgehead atoms. The van der Waals surface area contributed by atoms with E-state index in [0.717, 1.165) is 5.56 Å². The fourth-order valence-corrected chi connectivity index (χ4v) is 2.94. The lowest BCUT2D eigenvalue weighted by molar-refractivity contribution is 0.102. The Morgan fingerprint density at radius 1 is 1.22 bits per heavy atom. The van der Waals surface area contributed by atoms with E-state index in [1.54, 1.807) is 42.7 Å². The number of hydrogen-bond donors (Lipinski definition) is 1. The summed E-state index contributed by atoms with van der Waals surface area (Å²) in [7, 11) is 0. The molecule has 0 unspecified atom stereocenters. The minimum absolute atomic E-state index is 0.0950. The van der Waals surface area contributed by atoms with Crippen LogP contribution in [0.2, 0.25) is 5.02 Å². The van der Waals surface area contributed by atoms with Crippen LogP contribution in [0.15, 0.2) is 54.9 Å². The Morgan fingerprint density at radius 3 is 2.89 bits per heavy atom. The molecule has 0 radical (unpaired) electrons. The second kappa shape index (κ2) is 7.17. The van der Waals surface area contributed by atoms with Gasteiger partial charge in [-0.05, 0) is 55.0 Å². The van der Waals surface area contributed by atoms with Crippen LogP contribution in [0.25, 0.3) is 0 Å². The maximum atomic E-state index is 12.5. The summed E-state index contributed by atoms with van der Waals surface area (Å²) in [6.45, 7) is 2.00. The number of anilines is 1. The van der Waals surface area contributed by atoms with E-state index in [0.29, 0.717) is 39.3 Å². The van der Waals surface area contributed by atoms with Crippen LogP contribution in [0.1, 0.15) is 15.9 Å². The maximum Gasteiger partial charge on any atom is 0.255 e. The Balaban J connectivity index is 1.50. The zero-order valence-electron chi connectivity index (χ0n) is 14.4. The van der Waals surface area contributed by atoms with Gasteiger partial charge in [-0.1, -0.05) is 11.6 Å². The van der Waals surface area contributed by atoms with Crippen molar-refractivity contribution in [3.8, 4) is 23.0 Å². The van der Waals surface area contributed by atoms with Crippen LogP contribution in [0, 0.1) is 6.92 Å². The van der Waals surface area contributed by atoms with Gasteiger partial charge < -0.3 is 19.5 Å². The molecule has 1 aliphatic heterocycles. The number of carbonyl (C=O) groups is 1. The Bertz CT molecular complexity index is 1010. The van der Waals surface area contributed by atoms with Gasteiger partial charge in [0.1, 0.15) is 11.5 Å². The average molecular weight is 383 g/mol. The lowest BCUT2D eigenvalue weighted by Gasteiger charge is -2.11. The molecule has 0 spiro atoms. The summed E-state index contributed by atoms with van der Waals surface area (Å²) in [5, 5.41) is 3.19. The summed E-state index contributed by atoms with van der Waals surface area (Å²) in [6.07, 6.45) is 3.32. The number of nitrogens with zero attached hydrogens (tertiary/aromatic N) is 1. The molecule has 3 aromatic rings. The second-order valence-corrected chi connectivity index (χ2v) is 6.32. The molecule has 0 atom stereocenters. The monoisotopic (exact) mass is 382 g/mol. The molecule has 0 saturated carbocycles. The SMILES string of the molecule is Cc1cc(NC(=O)c2cc(Cl)c3c(c2)OCO3)ccc1Oc1cccnc1. The third-order valence-electron chi connectivity index (χ3n) is 3.98. The highest BCUT2D eigenvalue weighted by Gasteiger charge is 2.20. The summed E-state index contributed by atoms with van der Waals surface area (Å²) < 4.78 is 16.4. The fraction of sp³-hybridized carbons (Fsp3) is 0.100. The van der Waals surface area contributed by atoms with E-state index in [9.17, 15) is 4.79 Å². The standard InChI is InChI=1S/C20H15ClN2O4/c1-12-7-14(4-5-17(12)27-15-3-2-6-22-10-15)23-20(24)13-8-16(21)19-18(9-13)25-11-26-19/h2-10H,11H2,1H3,(H,23,24). The first-order valence-electron chi connectivity index (χ1n) is 8.19. The van der Waals surface area contributed by atoms with E-state index < -0.39 is 0 Å². The Labute approximate surface area is 160 Å². The number of rotatable bonds is 4. The molecule has 1 amide bonds. The van der Waals surface area contributed by atoms with Crippen LogP contribution in [-0.4, -0.2) is 17.7 Å². The Morgan fingerprint density at radius 2 is 2.11 bits per heavy atom. The van der Waals surface area contributed by atoms with Gasteiger partial charge in [-0.2, -0.15) is 0 Å². The third kappa shape index (κ3) is 3.66. The quantitative estimate of drug-likeness (QED) is 0.700. The van der Waals surface area contributed by atoms with Crippen LogP contribution >= 0.6 is 11.6 Å². The lowest BCUT2D eigenvalue weighted by atomic mass is 10.1. The van der Waals surface area contributed by atoms with E-state index in [1.807, 2.05) is 19.1 Å². The van der Waals surface area contributed by atoms with Crippen LogP contribution in [0.4, 0.5) is 5.69 Å². The molecule has 136 valence electrons. The molecule has 0 aliphatic carbocycles. The molecule has 6 nitrogen and oxygen atoms in total. The van der Waals surface area contributed by atoms with Crippen LogP contribution in [0.5, 0.6) is 23.0 Å². The van der Waals surface area contributed by atoms with E-state index in [1.165, 1.54) is 0 Å². The Kier molecular flexibility index (Phi) is 4.56. The van der Waals surface area contributed by atoms with Crippen LogP contribution in [0.3, 0.4) is 0 Å². The number of amides is 1. The lowest BCUT2D eigenvalue weighted by Crippen LogP contribution is -2.12. The molecule has 2 heterocycles. The number of aryl methyl sites for hydroxylation is 1. The summed E-state index contributed by atoms with van der Waals surface area (Å²) >= 11 is 6.14. The number of fused-ring (bicyclic) bond motifs is 1. The number of halogens is 1. The first-order valence-corrected chi connectivity index (χ1v) is 8.57.